The van der Waals surface area contributed by atoms with Crippen LogP contribution in [0.1, 0.15) is 0 Å². The van der Waals surface area contributed by atoms with Crippen molar-refractivity contribution in [1.29, 1.82) is 0 Å². The average Bonchev–Trinajstić information content (AvgIpc) is 2.41. The summed E-state index contributed by atoms with van der Waals surface area (Å²) < 4.78 is 0.740. The number of phenols is 1. The Morgan fingerprint density at radius 2 is 1.72 bits per heavy atom. The summed E-state index contributed by atoms with van der Waals surface area (Å²) in [5.41, 5.74) is 0.962. The summed E-state index contributed by atoms with van der Waals surface area (Å²) >= 11 is 0. The van der Waals surface area contributed by atoms with E-state index in [9.17, 15) is 10.3 Å². The van der Waals surface area contributed by atoms with Gasteiger partial charge in [0.05, 0.1) is 5.39 Å². The van der Waals surface area contributed by atoms with Crippen LogP contribution in [0.25, 0.3) is 22.3 Å². The van der Waals surface area contributed by atoms with Crippen LogP contribution < -0.4 is 4.73 Å². The number of para-hydroxylation sites is 2. The Bertz CT molecular complexity index is 726. The van der Waals surface area contributed by atoms with Crippen molar-refractivity contribution in [3.05, 3.63) is 59.9 Å². The highest BCUT2D eigenvalue weighted by molar-refractivity contribution is 5.76. The van der Waals surface area contributed by atoms with Crippen molar-refractivity contribution in [3.8, 4) is 17.1 Å². The zero-order chi connectivity index (χ0) is 12.5. The third-order valence-corrected chi connectivity index (χ3v) is 2.82. The van der Waals surface area contributed by atoms with Crippen LogP contribution in [0.15, 0.2) is 54.7 Å². The maximum Gasteiger partial charge on any atom is 0.337 e. The second-order valence-corrected chi connectivity index (χ2v) is 3.95. The van der Waals surface area contributed by atoms with E-state index in [-0.39, 0.29) is 11.6 Å². The topological polar surface area (TPSA) is 60.1 Å². The Morgan fingerprint density at radius 1 is 1.00 bits per heavy atom. The maximum absolute atomic E-state index is 12.2. The molecule has 0 saturated carbocycles. The van der Waals surface area contributed by atoms with Crippen LogP contribution in [0.3, 0.4) is 0 Å². The van der Waals surface area contributed by atoms with Gasteiger partial charge in [0.2, 0.25) is 0 Å². The van der Waals surface area contributed by atoms with E-state index in [0.29, 0.717) is 11.1 Å². The lowest BCUT2D eigenvalue weighted by molar-refractivity contribution is -0.568. The lowest BCUT2D eigenvalue weighted by Gasteiger charge is -2.09. The standard InChI is InChI=1S/C14H10N2O2/c17-13-8-4-2-6-11(13)14-15-9-10-5-1-3-7-12(10)16(14)18/h1-9,17H. The minimum absolute atomic E-state index is 0.0462. The van der Waals surface area contributed by atoms with Crippen LogP contribution in [0.4, 0.5) is 0 Å². The highest BCUT2D eigenvalue weighted by Crippen LogP contribution is 2.25. The van der Waals surface area contributed by atoms with Crippen molar-refractivity contribution < 1.29 is 9.84 Å². The van der Waals surface area contributed by atoms with Crippen LogP contribution >= 0.6 is 0 Å². The molecule has 0 unspecified atom stereocenters. The molecule has 4 heteroatoms. The van der Waals surface area contributed by atoms with Gasteiger partial charge < -0.3 is 10.3 Å². The lowest BCUT2D eigenvalue weighted by atomic mass is 10.1. The maximum atomic E-state index is 12.2. The quantitative estimate of drug-likeness (QED) is 0.522. The van der Waals surface area contributed by atoms with Crippen molar-refractivity contribution in [2.45, 2.75) is 0 Å². The van der Waals surface area contributed by atoms with Crippen LogP contribution in [0, 0.1) is 5.21 Å². The fourth-order valence-electron chi connectivity index (χ4n) is 1.92. The summed E-state index contributed by atoms with van der Waals surface area (Å²) in [4.78, 5) is 4.13. The van der Waals surface area contributed by atoms with Gasteiger partial charge in [0.25, 0.3) is 0 Å². The van der Waals surface area contributed by atoms with Crippen molar-refractivity contribution in [2.24, 2.45) is 0 Å². The SMILES string of the molecule is [O-][n+]1c(-c2ccccc2O)ncc2ccccc21. The summed E-state index contributed by atoms with van der Waals surface area (Å²) in [6.07, 6.45) is 1.63. The van der Waals surface area contributed by atoms with Gasteiger partial charge in [-0.15, -0.1) is 0 Å². The molecule has 88 valence electrons. The van der Waals surface area contributed by atoms with E-state index in [0.717, 1.165) is 10.1 Å². The Hall–Kier alpha value is -2.62. The molecule has 3 aromatic rings. The van der Waals surface area contributed by atoms with Gasteiger partial charge in [-0.3, -0.25) is 0 Å². The van der Waals surface area contributed by atoms with Crippen LogP contribution in [-0.4, -0.2) is 10.1 Å². The largest absolute Gasteiger partial charge is 0.710 e. The predicted molar refractivity (Wildman–Crippen MR) is 67.8 cm³/mol. The molecule has 18 heavy (non-hydrogen) atoms. The molecule has 0 saturated heterocycles. The van der Waals surface area contributed by atoms with Gasteiger partial charge in [0.1, 0.15) is 16.8 Å². The molecule has 1 heterocycles. The van der Waals surface area contributed by atoms with Gasteiger partial charge >= 0.3 is 5.82 Å². The van der Waals surface area contributed by atoms with E-state index < -0.39 is 0 Å². The van der Waals surface area contributed by atoms with Crippen LogP contribution in [0.2, 0.25) is 0 Å². The van der Waals surface area contributed by atoms with Gasteiger partial charge in [0, 0.05) is 0 Å². The number of benzene rings is 2. The molecular formula is C14H10N2O2. The van der Waals surface area contributed by atoms with E-state index in [1.165, 1.54) is 6.07 Å². The third-order valence-electron chi connectivity index (χ3n) is 2.82. The molecule has 0 fully saturated rings. The monoisotopic (exact) mass is 238 g/mol. The molecule has 1 aromatic heterocycles. The number of hydrogen-bond donors (Lipinski definition) is 1. The summed E-state index contributed by atoms with van der Waals surface area (Å²) in [6.45, 7) is 0. The van der Waals surface area contributed by atoms with Gasteiger partial charge in [-0.1, -0.05) is 24.3 Å². The number of fused-ring (bicyclic) bond motifs is 1. The van der Waals surface area contributed by atoms with Crippen molar-refractivity contribution in [3.63, 3.8) is 0 Å². The minimum atomic E-state index is 0.0462. The highest BCUT2D eigenvalue weighted by Gasteiger charge is 2.16. The molecule has 1 N–H and O–H groups in total. The second kappa shape index (κ2) is 4.00. The average molecular weight is 238 g/mol. The molecule has 4 nitrogen and oxygen atoms in total. The number of aromatic hydroxyl groups is 1. The molecule has 0 radical (unpaired) electrons. The zero-order valence-electron chi connectivity index (χ0n) is 9.45. The number of hydrogen-bond acceptors (Lipinski definition) is 3. The summed E-state index contributed by atoms with van der Waals surface area (Å²) in [5.74, 6) is 0.247. The Balaban J connectivity index is 2.31. The zero-order valence-corrected chi connectivity index (χ0v) is 9.45. The normalized spacial score (nSPS) is 10.7. The lowest BCUT2D eigenvalue weighted by Crippen LogP contribution is -2.31. The fourth-order valence-corrected chi connectivity index (χ4v) is 1.92. The summed E-state index contributed by atoms with van der Waals surface area (Å²) in [6, 6.07) is 13.9. The first-order valence-electron chi connectivity index (χ1n) is 5.53. The first-order valence-corrected chi connectivity index (χ1v) is 5.53. The van der Waals surface area contributed by atoms with Crippen LogP contribution in [-0.2, 0) is 0 Å². The van der Waals surface area contributed by atoms with E-state index in [2.05, 4.69) is 4.98 Å². The van der Waals surface area contributed by atoms with Crippen molar-refractivity contribution >= 4 is 10.9 Å². The van der Waals surface area contributed by atoms with Crippen molar-refractivity contribution in [1.82, 2.24) is 4.98 Å². The number of rotatable bonds is 1. The number of phenolic OH excluding ortho intramolecular Hbond substituents is 1. The van der Waals surface area contributed by atoms with Gasteiger partial charge in [0.15, 0.2) is 6.20 Å². The molecule has 0 bridgehead atoms. The molecule has 0 aliphatic carbocycles. The Morgan fingerprint density at radius 3 is 2.56 bits per heavy atom. The first-order chi connectivity index (χ1) is 8.77. The Kier molecular flexibility index (Phi) is 2.34. The summed E-state index contributed by atoms with van der Waals surface area (Å²) in [7, 11) is 0. The number of nitrogens with zero attached hydrogens (tertiary/aromatic N) is 2. The fraction of sp³-hybridized carbons (Fsp3) is 0. The number of aromatic nitrogens is 2. The van der Waals surface area contributed by atoms with E-state index in [4.69, 9.17) is 0 Å². The van der Waals surface area contributed by atoms with Crippen molar-refractivity contribution in [2.75, 3.05) is 0 Å². The molecule has 0 spiro atoms. The Labute approximate surface area is 103 Å². The predicted octanol–water partition coefficient (Wildman–Crippen LogP) is 2.24. The molecule has 0 amide bonds. The highest BCUT2D eigenvalue weighted by atomic mass is 16.5. The van der Waals surface area contributed by atoms with E-state index >= 15 is 0 Å². The smallest absolute Gasteiger partial charge is 0.337 e. The van der Waals surface area contributed by atoms with Gasteiger partial charge in [-0.25, -0.2) is 4.73 Å². The molecule has 0 aliphatic rings. The molecule has 0 aliphatic heterocycles. The van der Waals surface area contributed by atoms with Gasteiger partial charge in [-0.05, 0) is 29.2 Å². The second-order valence-electron chi connectivity index (χ2n) is 3.95. The van der Waals surface area contributed by atoms with E-state index in [1.54, 1.807) is 36.5 Å². The minimum Gasteiger partial charge on any atom is -0.710 e. The molecule has 2 aromatic carbocycles. The van der Waals surface area contributed by atoms with Crippen LogP contribution in [0.5, 0.6) is 5.75 Å². The first kappa shape index (κ1) is 10.5. The molecule has 3 rings (SSSR count). The van der Waals surface area contributed by atoms with E-state index in [1.807, 2.05) is 12.1 Å². The third kappa shape index (κ3) is 1.55. The molecule has 0 atom stereocenters. The van der Waals surface area contributed by atoms with Gasteiger partial charge in [-0.2, -0.15) is 0 Å². The molecular weight excluding hydrogens is 228 g/mol. The summed E-state index contributed by atoms with van der Waals surface area (Å²) in [5, 5.41) is 22.8.